The molecule has 1 aliphatic carbocycles. The van der Waals surface area contributed by atoms with Crippen LogP contribution in [0.5, 0.6) is 0 Å². The Morgan fingerprint density at radius 2 is 2.14 bits per heavy atom. The topological polar surface area (TPSA) is 46.2 Å². The van der Waals surface area contributed by atoms with Gasteiger partial charge in [0.05, 0.1) is 5.60 Å². The molecule has 1 saturated carbocycles. The third kappa shape index (κ3) is 2.71. The van der Waals surface area contributed by atoms with Gasteiger partial charge in [0.2, 0.25) is 0 Å². The molecule has 0 aromatic carbocycles. The lowest BCUT2D eigenvalue weighted by atomic mass is 9.82. The quantitative estimate of drug-likeness (QED) is 0.685. The molecule has 2 nitrogen and oxygen atoms in total. The number of hydrogen-bond acceptors (Lipinski definition) is 2. The van der Waals surface area contributed by atoms with Crippen molar-refractivity contribution in [2.45, 2.75) is 58.0 Å². The zero-order valence-corrected chi connectivity index (χ0v) is 9.63. The summed E-state index contributed by atoms with van der Waals surface area (Å²) in [6, 6.07) is 0. The SMILES string of the molecule is CCC1CCCC(O)(C(C)CN)CC1. The molecule has 1 rings (SSSR count). The van der Waals surface area contributed by atoms with Gasteiger partial charge in [-0.15, -0.1) is 0 Å². The smallest absolute Gasteiger partial charge is 0.0685 e. The van der Waals surface area contributed by atoms with Gasteiger partial charge in [-0.2, -0.15) is 0 Å². The molecule has 2 heteroatoms. The van der Waals surface area contributed by atoms with Crippen molar-refractivity contribution < 1.29 is 5.11 Å². The lowest BCUT2D eigenvalue weighted by Crippen LogP contribution is -2.39. The van der Waals surface area contributed by atoms with E-state index in [-0.39, 0.29) is 5.92 Å². The van der Waals surface area contributed by atoms with Crippen molar-refractivity contribution in [2.24, 2.45) is 17.6 Å². The monoisotopic (exact) mass is 199 g/mol. The Morgan fingerprint density at radius 1 is 1.43 bits per heavy atom. The van der Waals surface area contributed by atoms with Crippen LogP contribution in [0.2, 0.25) is 0 Å². The second kappa shape index (κ2) is 5.13. The van der Waals surface area contributed by atoms with Gasteiger partial charge < -0.3 is 10.8 Å². The molecule has 0 spiro atoms. The molecule has 0 aromatic rings. The number of hydrogen-bond donors (Lipinski definition) is 2. The van der Waals surface area contributed by atoms with Crippen LogP contribution in [0.4, 0.5) is 0 Å². The van der Waals surface area contributed by atoms with Crippen molar-refractivity contribution in [2.75, 3.05) is 6.54 Å². The number of rotatable bonds is 3. The van der Waals surface area contributed by atoms with Crippen LogP contribution in [-0.4, -0.2) is 17.3 Å². The molecule has 0 heterocycles. The number of aliphatic hydroxyl groups is 1. The molecule has 0 radical (unpaired) electrons. The Labute approximate surface area is 87.9 Å². The first kappa shape index (κ1) is 12.0. The molecule has 0 bridgehead atoms. The fraction of sp³-hybridized carbons (Fsp3) is 1.00. The summed E-state index contributed by atoms with van der Waals surface area (Å²) in [6.45, 7) is 4.93. The van der Waals surface area contributed by atoms with E-state index in [1.165, 1.54) is 25.7 Å². The van der Waals surface area contributed by atoms with Gasteiger partial charge in [0.15, 0.2) is 0 Å². The first-order valence-electron chi connectivity index (χ1n) is 6.05. The Balaban J connectivity index is 2.55. The molecule has 3 unspecified atom stereocenters. The Bertz CT molecular complexity index is 172. The van der Waals surface area contributed by atoms with Crippen LogP contribution in [0.15, 0.2) is 0 Å². The van der Waals surface area contributed by atoms with E-state index in [2.05, 4.69) is 13.8 Å². The van der Waals surface area contributed by atoms with Crippen molar-refractivity contribution in [3.8, 4) is 0 Å². The number of nitrogens with two attached hydrogens (primary N) is 1. The molecule has 0 saturated heterocycles. The van der Waals surface area contributed by atoms with E-state index in [1.54, 1.807) is 0 Å². The van der Waals surface area contributed by atoms with Crippen molar-refractivity contribution in [3.63, 3.8) is 0 Å². The van der Waals surface area contributed by atoms with E-state index in [0.717, 1.165) is 18.8 Å². The van der Waals surface area contributed by atoms with Crippen LogP contribution in [0.25, 0.3) is 0 Å². The molecule has 3 N–H and O–H groups in total. The Kier molecular flexibility index (Phi) is 4.39. The van der Waals surface area contributed by atoms with E-state index >= 15 is 0 Å². The van der Waals surface area contributed by atoms with Crippen LogP contribution in [-0.2, 0) is 0 Å². The first-order valence-corrected chi connectivity index (χ1v) is 6.05. The molecule has 0 aromatic heterocycles. The summed E-state index contributed by atoms with van der Waals surface area (Å²) in [7, 11) is 0. The predicted octanol–water partition coefficient (Wildman–Crippen LogP) is 2.30. The van der Waals surface area contributed by atoms with Gasteiger partial charge in [-0.1, -0.05) is 33.1 Å². The average molecular weight is 199 g/mol. The minimum atomic E-state index is -0.474. The summed E-state index contributed by atoms with van der Waals surface area (Å²) in [5, 5.41) is 10.5. The van der Waals surface area contributed by atoms with Crippen molar-refractivity contribution in [1.82, 2.24) is 0 Å². The van der Waals surface area contributed by atoms with Crippen LogP contribution >= 0.6 is 0 Å². The lowest BCUT2D eigenvalue weighted by molar-refractivity contribution is -0.0229. The highest BCUT2D eigenvalue weighted by Crippen LogP contribution is 2.36. The van der Waals surface area contributed by atoms with Crippen molar-refractivity contribution in [1.29, 1.82) is 0 Å². The molecule has 0 amide bonds. The molecule has 0 aliphatic heterocycles. The van der Waals surface area contributed by atoms with E-state index in [1.807, 2.05) is 0 Å². The van der Waals surface area contributed by atoms with Crippen molar-refractivity contribution >= 4 is 0 Å². The summed E-state index contributed by atoms with van der Waals surface area (Å²) in [6.07, 6.45) is 6.78. The maximum atomic E-state index is 10.5. The molecular weight excluding hydrogens is 174 g/mol. The third-order valence-corrected chi connectivity index (χ3v) is 4.06. The highest BCUT2D eigenvalue weighted by Gasteiger charge is 2.34. The third-order valence-electron chi connectivity index (χ3n) is 4.06. The molecule has 84 valence electrons. The highest BCUT2D eigenvalue weighted by atomic mass is 16.3. The maximum Gasteiger partial charge on any atom is 0.0685 e. The molecule has 3 atom stereocenters. The van der Waals surface area contributed by atoms with E-state index in [0.29, 0.717) is 6.54 Å². The van der Waals surface area contributed by atoms with E-state index in [4.69, 9.17) is 5.73 Å². The van der Waals surface area contributed by atoms with Gasteiger partial charge in [0.25, 0.3) is 0 Å². The highest BCUT2D eigenvalue weighted by molar-refractivity contribution is 4.87. The van der Waals surface area contributed by atoms with Gasteiger partial charge in [0.1, 0.15) is 0 Å². The molecular formula is C12H25NO. The second-order valence-electron chi connectivity index (χ2n) is 4.95. The minimum absolute atomic E-state index is 0.248. The normalized spacial score (nSPS) is 36.4. The summed E-state index contributed by atoms with van der Waals surface area (Å²) in [4.78, 5) is 0. The average Bonchev–Trinajstić information content (AvgIpc) is 2.40. The van der Waals surface area contributed by atoms with E-state index < -0.39 is 5.60 Å². The van der Waals surface area contributed by atoms with Gasteiger partial charge in [0, 0.05) is 0 Å². The second-order valence-corrected chi connectivity index (χ2v) is 4.95. The molecule has 14 heavy (non-hydrogen) atoms. The largest absolute Gasteiger partial charge is 0.390 e. The standard InChI is InChI=1S/C12H25NO/c1-3-11-5-4-7-12(14,8-6-11)10(2)9-13/h10-11,14H,3-9,13H2,1-2H3. The zero-order chi connectivity index (χ0) is 10.6. The van der Waals surface area contributed by atoms with Crippen LogP contribution < -0.4 is 5.73 Å². The van der Waals surface area contributed by atoms with Crippen LogP contribution in [0.1, 0.15) is 52.4 Å². The predicted molar refractivity (Wildman–Crippen MR) is 60.0 cm³/mol. The van der Waals surface area contributed by atoms with Crippen LogP contribution in [0.3, 0.4) is 0 Å². The van der Waals surface area contributed by atoms with Gasteiger partial charge in [-0.05, 0) is 37.6 Å². The fourth-order valence-electron chi connectivity index (χ4n) is 2.54. The summed E-state index contributed by atoms with van der Waals surface area (Å²) < 4.78 is 0. The first-order chi connectivity index (χ1) is 6.62. The van der Waals surface area contributed by atoms with Crippen LogP contribution in [0, 0.1) is 11.8 Å². The minimum Gasteiger partial charge on any atom is -0.390 e. The van der Waals surface area contributed by atoms with Gasteiger partial charge in [-0.3, -0.25) is 0 Å². The van der Waals surface area contributed by atoms with Gasteiger partial charge in [-0.25, -0.2) is 0 Å². The molecule has 1 aliphatic rings. The lowest BCUT2D eigenvalue weighted by Gasteiger charge is -2.32. The Hall–Kier alpha value is -0.0800. The summed E-state index contributed by atoms with van der Waals surface area (Å²) in [5.41, 5.74) is 5.17. The Morgan fingerprint density at radius 3 is 2.71 bits per heavy atom. The molecule has 1 fully saturated rings. The fourth-order valence-corrected chi connectivity index (χ4v) is 2.54. The summed E-state index contributed by atoms with van der Waals surface area (Å²) >= 11 is 0. The summed E-state index contributed by atoms with van der Waals surface area (Å²) in [5.74, 6) is 1.08. The van der Waals surface area contributed by atoms with E-state index in [9.17, 15) is 5.11 Å². The maximum absolute atomic E-state index is 10.5. The zero-order valence-electron chi connectivity index (χ0n) is 9.63. The van der Waals surface area contributed by atoms with Gasteiger partial charge >= 0.3 is 0 Å². The van der Waals surface area contributed by atoms with Crippen molar-refractivity contribution in [3.05, 3.63) is 0 Å².